The van der Waals surface area contributed by atoms with Gasteiger partial charge < -0.3 is 14.7 Å². The third-order valence-electron chi connectivity index (χ3n) is 6.75. The van der Waals surface area contributed by atoms with Gasteiger partial charge in [-0.15, -0.1) is 11.3 Å². The number of halogens is 1. The second-order valence-corrected chi connectivity index (χ2v) is 11.8. The number of nitrogens with zero attached hydrogens (tertiary/aromatic N) is 5. The summed E-state index contributed by atoms with van der Waals surface area (Å²) < 4.78 is 5.53. The van der Waals surface area contributed by atoms with Crippen LogP contribution < -0.4 is 9.64 Å². The van der Waals surface area contributed by atoms with Crippen LogP contribution in [0.15, 0.2) is 58.9 Å². The Kier molecular flexibility index (Phi) is 9.76. The number of thioether (sulfide) groups is 1. The number of hydrogen-bond acceptors (Lipinski definition) is 8. The zero-order valence-electron chi connectivity index (χ0n) is 22.3. The normalized spacial score (nSPS) is 13.3. The number of nitriles is 1. The number of rotatable bonds is 9. The van der Waals surface area contributed by atoms with Crippen LogP contribution in [0.25, 0.3) is 26.5 Å². The highest BCUT2D eigenvalue weighted by atomic mass is 35.5. The summed E-state index contributed by atoms with van der Waals surface area (Å²) in [4.78, 5) is 15.9. The minimum Gasteiger partial charge on any atom is -0.491 e. The van der Waals surface area contributed by atoms with Crippen LogP contribution in [0.2, 0.25) is 5.02 Å². The smallest absolute Gasteiger partial charge is 0.237 e. The fraction of sp³-hybridized carbons (Fsp3) is 0.290. The minimum atomic E-state index is -0.0769. The Hall–Kier alpha value is -3.60. The Morgan fingerprint density at radius 3 is 2.41 bits per heavy atom. The number of aromatic nitrogens is 2. The van der Waals surface area contributed by atoms with Gasteiger partial charge in [0, 0.05) is 40.4 Å². The molecule has 1 fully saturated rings. The van der Waals surface area contributed by atoms with Gasteiger partial charge in [-0.2, -0.15) is 5.26 Å². The summed E-state index contributed by atoms with van der Waals surface area (Å²) in [5.74, 6) is 1.79. The molecule has 1 N–H and O–H groups in total. The lowest BCUT2D eigenvalue weighted by Crippen LogP contribution is -2.25. The van der Waals surface area contributed by atoms with Crippen molar-refractivity contribution in [2.24, 2.45) is 0 Å². The van der Waals surface area contributed by atoms with Crippen molar-refractivity contribution in [3.05, 3.63) is 81.6 Å². The molecule has 0 spiro atoms. The van der Waals surface area contributed by atoms with Gasteiger partial charge in [0.05, 0.1) is 24.4 Å². The molecule has 4 aromatic rings. The first-order chi connectivity index (χ1) is 20.1. The Bertz CT molecular complexity index is 1570. The van der Waals surface area contributed by atoms with Crippen LogP contribution in [0.4, 0.5) is 11.5 Å². The van der Waals surface area contributed by atoms with Crippen LogP contribution in [-0.2, 0) is 5.75 Å². The molecule has 3 heterocycles. The van der Waals surface area contributed by atoms with Gasteiger partial charge in [0.25, 0.3) is 0 Å². The molecule has 41 heavy (non-hydrogen) atoms. The first-order valence-corrected chi connectivity index (χ1v) is 15.6. The molecule has 2 aromatic heterocycles. The van der Waals surface area contributed by atoms with Crippen LogP contribution in [0, 0.1) is 17.9 Å². The van der Waals surface area contributed by atoms with Gasteiger partial charge in [-0.3, -0.25) is 0 Å². The zero-order chi connectivity index (χ0) is 28.6. The molecule has 1 saturated heterocycles. The van der Waals surface area contributed by atoms with Crippen LogP contribution in [0.1, 0.15) is 36.9 Å². The van der Waals surface area contributed by atoms with Gasteiger partial charge in [0.1, 0.15) is 34.3 Å². The molecule has 10 heteroatoms. The monoisotopic (exact) mass is 601 g/mol. The lowest BCUT2D eigenvalue weighted by Gasteiger charge is -2.25. The molecular formula is C31H28ClN5O2S2. The molecule has 7 nitrogen and oxygen atoms in total. The molecule has 0 saturated carbocycles. The number of benzene rings is 2. The van der Waals surface area contributed by atoms with E-state index >= 15 is 0 Å². The quantitative estimate of drug-likeness (QED) is 0.154. The topological polar surface area (TPSA) is 86.6 Å². The molecule has 0 aliphatic carbocycles. The summed E-state index contributed by atoms with van der Waals surface area (Å²) in [5, 5.41) is 23.7. The molecule has 0 radical (unpaired) electrons. The average Bonchev–Trinajstić information content (AvgIpc) is 3.31. The number of anilines is 1. The number of ether oxygens (including phenoxy) is 1. The molecule has 5 rings (SSSR count). The second-order valence-electron chi connectivity index (χ2n) is 9.50. The molecule has 0 atom stereocenters. The van der Waals surface area contributed by atoms with Gasteiger partial charge in [0.15, 0.2) is 0 Å². The van der Waals surface area contributed by atoms with Crippen molar-refractivity contribution < 1.29 is 9.84 Å². The Morgan fingerprint density at radius 2 is 1.76 bits per heavy atom. The number of hydrogen-bond donors (Lipinski definition) is 1. The van der Waals surface area contributed by atoms with E-state index in [9.17, 15) is 5.26 Å². The second kappa shape index (κ2) is 13.8. The Morgan fingerprint density at radius 1 is 1.05 bits per heavy atom. The first-order valence-electron chi connectivity index (χ1n) is 13.4. The molecule has 1 aliphatic rings. The number of aliphatic hydroxyl groups is 1. The maximum atomic E-state index is 10.4. The summed E-state index contributed by atoms with van der Waals surface area (Å²) in [6.45, 7) is 9.91. The fourth-order valence-corrected chi connectivity index (χ4v) is 6.70. The minimum absolute atomic E-state index is 0.0769. The van der Waals surface area contributed by atoms with E-state index in [4.69, 9.17) is 38.0 Å². The molecule has 0 amide bonds. The Labute approximate surface area is 253 Å². The van der Waals surface area contributed by atoms with E-state index in [1.54, 1.807) is 23.5 Å². The lowest BCUT2D eigenvalue weighted by atomic mass is 9.99. The van der Waals surface area contributed by atoms with E-state index in [-0.39, 0.29) is 13.2 Å². The van der Waals surface area contributed by atoms with Gasteiger partial charge in [-0.05, 0) is 42.7 Å². The molecular weight excluding hydrogens is 574 g/mol. The van der Waals surface area contributed by atoms with Crippen molar-refractivity contribution in [3.63, 3.8) is 0 Å². The maximum absolute atomic E-state index is 10.4. The molecule has 208 valence electrons. The third kappa shape index (κ3) is 6.83. The van der Waals surface area contributed by atoms with E-state index in [2.05, 4.69) is 15.8 Å². The molecule has 1 aliphatic heterocycles. The summed E-state index contributed by atoms with van der Waals surface area (Å²) in [5.41, 5.74) is 4.03. The summed E-state index contributed by atoms with van der Waals surface area (Å²) >= 11 is 9.08. The highest BCUT2D eigenvalue weighted by Gasteiger charge is 2.26. The molecule has 0 bridgehead atoms. The molecule has 2 aromatic carbocycles. The SMILES string of the molecule is [C-]#[N+]c1c(N2CCCCCC2)nc(SCc2csc(-c3ccc(Cl)cc3)n2)c(C#N)c1-c1ccc(OCCO)cc1. The van der Waals surface area contributed by atoms with Gasteiger partial charge in [-0.25, -0.2) is 14.8 Å². The lowest BCUT2D eigenvalue weighted by molar-refractivity contribution is 0.201. The average molecular weight is 602 g/mol. The fourth-order valence-electron chi connectivity index (χ4n) is 4.76. The third-order valence-corrected chi connectivity index (χ3v) is 8.95. The number of thiazole rings is 1. The summed E-state index contributed by atoms with van der Waals surface area (Å²) in [7, 11) is 0. The van der Waals surface area contributed by atoms with Gasteiger partial charge in [-0.1, -0.05) is 60.5 Å². The van der Waals surface area contributed by atoms with E-state index in [1.165, 1.54) is 11.8 Å². The van der Waals surface area contributed by atoms with Crippen LogP contribution in [0.5, 0.6) is 5.75 Å². The highest BCUT2D eigenvalue weighted by molar-refractivity contribution is 7.98. The van der Waals surface area contributed by atoms with Gasteiger partial charge in [0.2, 0.25) is 5.69 Å². The predicted octanol–water partition coefficient (Wildman–Crippen LogP) is 7.99. The van der Waals surface area contributed by atoms with Crippen molar-refractivity contribution in [3.8, 4) is 33.5 Å². The summed E-state index contributed by atoms with van der Waals surface area (Å²) in [6, 6.07) is 17.3. The first kappa shape index (κ1) is 28.9. The zero-order valence-corrected chi connectivity index (χ0v) is 24.7. The van der Waals surface area contributed by atoms with Crippen LogP contribution in [0.3, 0.4) is 0 Å². The number of pyridine rings is 1. The van der Waals surface area contributed by atoms with Crippen LogP contribution >= 0.6 is 34.7 Å². The Balaban J connectivity index is 1.53. The summed E-state index contributed by atoms with van der Waals surface area (Å²) in [6.07, 6.45) is 4.40. The maximum Gasteiger partial charge on any atom is 0.237 e. The van der Waals surface area contributed by atoms with Crippen molar-refractivity contribution in [1.29, 1.82) is 5.26 Å². The highest BCUT2D eigenvalue weighted by Crippen LogP contribution is 2.45. The van der Waals surface area contributed by atoms with E-state index in [0.29, 0.717) is 44.2 Å². The van der Waals surface area contributed by atoms with Crippen molar-refractivity contribution >= 4 is 46.2 Å². The van der Waals surface area contributed by atoms with Crippen molar-refractivity contribution in [2.75, 3.05) is 31.2 Å². The van der Waals surface area contributed by atoms with E-state index in [1.807, 2.05) is 41.8 Å². The van der Waals surface area contributed by atoms with Gasteiger partial charge >= 0.3 is 0 Å². The largest absolute Gasteiger partial charge is 0.491 e. The molecule has 0 unspecified atom stereocenters. The van der Waals surface area contributed by atoms with E-state index in [0.717, 1.165) is 60.6 Å². The number of aliphatic hydroxyl groups excluding tert-OH is 1. The van der Waals surface area contributed by atoms with Crippen molar-refractivity contribution in [1.82, 2.24) is 9.97 Å². The standard InChI is InChI=1S/C31H28ClN5O2S2/c1-34-28-27(21-8-12-25(13-9-21)39-17-16-38)26(18-33)31(36-29(28)37-14-4-2-3-5-15-37)41-20-24-19-40-30(35-24)22-6-10-23(32)11-7-22/h6-13,19,38H,2-5,14-17,20H2. The van der Waals surface area contributed by atoms with E-state index < -0.39 is 0 Å². The predicted molar refractivity (Wildman–Crippen MR) is 166 cm³/mol. The van der Waals surface area contributed by atoms with Crippen LogP contribution in [-0.4, -0.2) is 41.4 Å². The van der Waals surface area contributed by atoms with Crippen molar-refractivity contribution in [2.45, 2.75) is 36.5 Å².